The number of nitrogen functional groups attached to an aromatic ring is 1. The van der Waals surface area contributed by atoms with Gasteiger partial charge in [-0.1, -0.05) is 30.3 Å². The van der Waals surface area contributed by atoms with E-state index in [2.05, 4.69) is 56.8 Å². The summed E-state index contributed by atoms with van der Waals surface area (Å²) < 4.78 is 0.959. The predicted molar refractivity (Wildman–Crippen MR) is 80.4 cm³/mol. The second kappa shape index (κ2) is 4.19. The van der Waals surface area contributed by atoms with Gasteiger partial charge in [-0.3, -0.25) is 0 Å². The van der Waals surface area contributed by atoms with Crippen LogP contribution in [-0.4, -0.2) is 9.97 Å². The van der Waals surface area contributed by atoms with E-state index < -0.39 is 0 Å². The van der Waals surface area contributed by atoms with Crippen molar-refractivity contribution in [2.24, 2.45) is 0 Å². The quantitative estimate of drug-likeness (QED) is 0.847. The maximum atomic E-state index is 5.97. The van der Waals surface area contributed by atoms with E-state index in [-0.39, 0.29) is 5.41 Å². The van der Waals surface area contributed by atoms with Gasteiger partial charge in [0.05, 0.1) is 14.7 Å². The highest BCUT2D eigenvalue weighted by molar-refractivity contribution is 14.1. The molecule has 0 amide bonds. The lowest BCUT2D eigenvalue weighted by Crippen LogP contribution is -2.16. The first-order chi connectivity index (χ1) is 8.63. The second-order valence-electron chi connectivity index (χ2n) is 4.78. The lowest BCUT2D eigenvalue weighted by Gasteiger charge is -2.16. The third-order valence-corrected chi connectivity index (χ3v) is 4.88. The zero-order valence-corrected chi connectivity index (χ0v) is 12.3. The van der Waals surface area contributed by atoms with Gasteiger partial charge in [-0.2, -0.15) is 0 Å². The van der Waals surface area contributed by atoms with Crippen molar-refractivity contribution in [3.63, 3.8) is 0 Å². The Morgan fingerprint density at radius 2 is 1.83 bits per heavy atom. The molecule has 1 aromatic heterocycles. The molecule has 18 heavy (non-hydrogen) atoms. The van der Waals surface area contributed by atoms with E-state index in [4.69, 9.17) is 5.73 Å². The van der Waals surface area contributed by atoms with Crippen LogP contribution >= 0.6 is 22.6 Å². The average Bonchev–Trinajstić information content (AvgIpc) is 3.18. The van der Waals surface area contributed by atoms with Gasteiger partial charge in [0.15, 0.2) is 0 Å². The van der Waals surface area contributed by atoms with Crippen molar-refractivity contribution in [2.75, 3.05) is 5.73 Å². The van der Waals surface area contributed by atoms with E-state index in [9.17, 15) is 0 Å². The molecule has 4 heteroatoms. The summed E-state index contributed by atoms with van der Waals surface area (Å²) in [6, 6.07) is 10.5. The Labute approximate surface area is 120 Å². The van der Waals surface area contributed by atoms with E-state index >= 15 is 0 Å². The molecule has 1 saturated carbocycles. The summed E-state index contributed by atoms with van der Waals surface area (Å²) in [6.07, 6.45) is 2.22. The molecular weight excluding hydrogens is 337 g/mol. The summed E-state index contributed by atoms with van der Waals surface area (Å²) in [4.78, 5) is 9.15. The van der Waals surface area contributed by atoms with Crippen LogP contribution < -0.4 is 5.73 Å². The van der Waals surface area contributed by atoms with Crippen LogP contribution in [0.4, 0.5) is 5.82 Å². The molecule has 1 aliphatic rings. The van der Waals surface area contributed by atoms with Gasteiger partial charge in [0.1, 0.15) is 11.6 Å². The molecule has 0 bridgehead atoms. The van der Waals surface area contributed by atoms with Crippen molar-refractivity contribution >= 4 is 28.4 Å². The van der Waals surface area contributed by atoms with Crippen LogP contribution in [0.15, 0.2) is 30.3 Å². The molecule has 0 radical (unpaired) electrons. The van der Waals surface area contributed by atoms with E-state index in [0.29, 0.717) is 5.82 Å². The number of aryl methyl sites for hydroxylation is 1. The van der Waals surface area contributed by atoms with Crippen LogP contribution in [0, 0.1) is 10.5 Å². The zero-order valence-electron chi connectivity index (χ0n) is 10.2. The fourth-order valence-corrected chi connectivity index (χ4v) is 2.56. The highest BCUT2D eigenvalue weighted by atomic mass is 127. The van der Waals surface area contributed by atoms with E-state index in [1.165, 1.54) is 5.56 Å². The first kappa shape index (κ1) is 11.9. The van der Waals surface area contributed by atoms with Gasteiger partial charge in [-0.15, -0.1) is 0 Å². The van der Waals surface area contributed by atoms with Crippen LogP contribution in [-0.2, 0) is 5.41 Å². The predicted octanol–water partition coefficient (Wildman–Crippen LogP) is 3.05. The Kier molecular flexibility index (Phi) is 2.77. The molecule has 92 valence electrons. The van der Waals surface area contributed by atoms with Gasteiger partial charge >= 0.3 is 0 Å². The normalized spacial score (nSPS) is 16.6. The number of nitrogens with zero attached hydrogens (tertiary/aromatic N) is 2. The molecule has 1 heterocycles. The first-order valence-corrected chi connectivity index (χ1v) is 7.07. The Morgan fingerprint density at radius 1 is 1.17 bits per heavy atom. The Bertz CT molecular complexity index is 568. The maximum absolute atomic E-state index is 5.97. The minimum atomic E-state index is 0.00444. The highest BCUT2D eigenvalue weighted by Crippen LogP contribution is 2.52. The minimum absolute atomic E-state index is 0.00444. The SMILES string of the molecule is Cc1nc(C2(c3ccccc3)CC2)nc(N)c1I. The molecule has 3 nitrogen and oxygen atoms in total. The van der Waals surface area contributed by atoms with Gasteiger partial charge in [0.2, 0.25) is 0 Å². The molecular formula is C14H14IN3. The molecule has 0 spiro atoms. The minimum Gasteiger partial charge on any atom is -0.383 e. The molecule has 2 aromatic rings. The zero-order chi connectivity index (χ0) is 12.8. The van der Waals surface area contributed by atoms with E-state index in [1.54, 1.807) is 0 Å². The summed E-state index contributed by atoms with van der Waals surface area (Å²) >= 11 is 2.20. The van der Waals surface area contributed by atoms with Crippen molar-refractivity contribution in [2.45, 2.75) is 25.2 Å². The number of halogens is 1. The van der Waals surface area contributed by atoms with Crippen molar-refractivity contribution in [1.82, 2.24) is 9.97 Å². The van der Waals surface area contributed by atoms with Crippen molar-refractivity contribution in [3.8, 4) is 0 Å². The fourth-order valence-electron chi connectivity index (χ4n) is 2.32. The summed E-state index contributed by atoms with van der Waals surface area (Å²) in [6.45, 7) is 1.99. The van der Waals surface area contributed by atoms with E-state index in [0.717, 1.165) is 27.9 Å². The molecule has 0 aliphatic heterocycles. The average molecular weight is 351 g/mol. The van der Waals surface area contributed by atoms with Crippen molar-refractivity contribution in [3.05, 3.63) is 51.0 Å². The van der Waals surface area contributed by atoms with Crippen molar-refractivity contribution < 1.29 is 0 Å². The molecule has 0 saturated heterocycles. The number of nitrogens with two attached hydrogens (primary N) is 1. The van der Waals surface area contributed by atoms with Crippen LogP contribution in [0.25, 0.3) is 0 Å². The Balaban J connectivity index is 2.11. The monoisotopic (exact) mass is 351 g/mol. The molecule has 1 aliphatic carbocycles. The number of benzene rings is 1. The lowest BCUT2D eigenvalue weighted by atomic mass is 9.95. The summed E-state index contributed by atoms with van der Waals surface area (Å²) in [7, 11) is 0. The molecule has 0 unspecified atom stereocenters. The van der Waals surface area contributed by atoms with Crippen LogP contribution in [0.3, 0.4) is 0 Å². The molecule has 1 aromatic carbocycles. The number of rotatable bonds is 2. The topological polar surface area (TPSA) is 51.8 Å². The van der Waals surface area contributed by atoms with Gasteiger partial charge in [0.25, 0.3) is 0 Å². The van der Waals surface area contributed by atoms with Gasteiger partial charge in [0, 0.05) is 0 Å². The highest BCUT2D eigenvalue weighted by Gasteiger charge is 2.48. The number of aromatic nitrogens is 2. The van der Waals surface area contributed by atoms with Gasteiger partial charge < -0.3 is 5.73 Å². The number of anilines is 1. The number of hydrogen-bond acceptors (Lipinski definition) is 3. The third-order valence-electron chi connectivity index (χ3n) is 3.55. The van der Waals surface area contributed by atoms with Crippen LogP contribution in [0.5, 0.6) is 0 Å². The van der Waals surface area contributed by atoms with Crippen LogP contribution in [0.1, 0.15) is 29.9 Å². The second-order valence-corrected chi connectivity index (χ2v) is 5.86. The number of hydrogen-bond donors (Lipinski definition) is 1. The fraction of sp³-hybridized carbons (Fsp3) is 0.286. The largest absolute Gasteiger partial charge is 0.383 e. The summed E-state index contributed by atoms with van der Waals surface area (Å²) in [5.41, 5.74) is 8.24. The first-order valence-electron chi connectivity index (χ1n) is 5.99. The summed E-state index contributed by atoms with van der Waals surface area (Å²) in [5.74, 6) is 1.48. The van der Waals surface area contributed by atoms with Gasteiger partial charge in [-0.05, 0) is 47.9 Å². The third kappa shape index (κ3) is 1.79. The maximum Gasteiger partial charge on any atom is 0.141 e. The molecule has 3 rings (SSSR count). The Morgan fingerprint density at radius 3 is 2.39 bits per heavy atom. The van der Waals surface area contributed by atoms with Gasteiger partial charge in [-0.25, -0.2) is 9.97 Å². The Hall–Kier alpha value is -1.17. The smallest absolute Gasteiger partial charge is 0.141 e. The molecule has 1 fully saturated rings. The van der Waals surface area contributed by atoms with Crippen molar-refractivity contribution in [1.29, 1.82) is 0 Å². The molecule has 2 N–H and O–H groups in total. The van der Waals surface area contributed by atoms with Crippen LogP contribution in [0.2, 0.25) is 0 Å². The molecule has 0 atom stereocenters. The summed E-state index contributed by atoms with van der Waals surface area (Å²) in [5, 5.41) is 0. The standard InChI is InChI=1S/C14H14IN3/c1-9-11(15)12(16)18-13(17-9)14(7-8-14)10-5-3-2-4-6-10/h2-6H,7-8H2,1H3,(H2,16,17,18). The lowest BCUT2D eigenvalue weighted by molar-refractivity contribution is 0.748. The van der Waals surface area contributed by atoms with E-state index in [1.807, 2.05) is 13.0 Å².